The molecule has 11 atom stereocenters. The van der Waals surface area contributed by atoms with Gasteiger partial charge in [-0.1, -0.05) is 53.9 Å². The lowest BCUT2D eigenvalue weighted by molar-refractivity contribution is -0.272. The van der Waals surface area contributed by atoms with Crippen molar-refractivity contribution in [2.45, 2.75) is 167 Å². The van der Waals surface area contributed by atoms with E-state index in [1.54, 1.807) is 6.21 Å². The highest BCUT2D eigenvalue weighted by molar-refractivity contribution is 5.93. The molecule has 1 spiro atoms. The molecule has 0 unspecified atom stereocenters. The Morgan fingerprint density at radius 2 is 1.80 bits per heavy atom. The van der Waals surface area contributed by atoms with Crippen molar-refractivity contribution in [1.29, 1.82) is 0 Å². The van der Waals surface area contributed by atoms with E-state index in [-0.39, 0.29) is 46.7 Å². The summed E-state index contributed by atoms with van der Waals surface area (Å²) in [6, 6.07) is 0.216. The molecule has 0 radical (unpaired) electrons. The molecule has 7 aliphatic rings. The van der Waals surface area contributed by atoms with Crippen LogP contribution >= 0.6 is 0 Å². The minimum Gasteiger partial charge on any atom is -0.349 e. The van der Waals surface area contributed by atoms with E-state index in [0.717, 1.165) is 83.7 Å². The number of ether oxygens (including phenoxy) is 2. The number of hydrogen-bond acceptors (Lipinski definition) is 7. The summed E-state index contributed by atoms with van der Waals surface area (Å²) >= 11 is 0. The van der Waals surface area contributed by atoms with Gasteiger partial charge in [0, 0.05) is 43.7 Å². The minimum atomic E-state index is -0.532. The predicted molar refractivity (Wildman–Crippen MR) is 199 cm³/mol. The molecule has 2 saturated heterocycles. The van der Waals surface area contributed by atoms with Crippen molar-refractivity contribution in [3.63, 3.8) is 0 Å². The molecule has 0 aromatic rings. The molecule has 6 fully saturated rings. The van der Waals surface area contributed by atoms with E-state index in [4.69, 9.17) is 19.7 Å². The van der Waals surface area contributed by atoms with Crippen molar-refractivity contribution in [3.8, 4) is 0 Å². The molecule has 0 aromatic carbocycles. The number of nitrogens with one attached hydrogen (secondary N) is 2. The number of amides is 3. The first-order valence-electron chi connectivity index (χ1n) is 20.8. The van der Waals surface area contributed by atoms with Gasteiger partial charge >= 0.3 is 6.03 Å². The van der Waals surface area contributed by atoms with Gasteiger partial charge in [0.05, 0.1) is 24.4 Å². The summed E-state index contributed by atoms with van der Waals surface area (Å²) in [5.74, 6) is 1.90. The van der Waals surface area contributed by atoms with Gasteiger partial charge in [0.1, 0.15) is 0 Å². The Labute approximate surface area is 306 Å². The summed E-state index contributed by atoms with van der Waals surface area (Å²) in [6.45, 7) is 15.4. The van der Waals surface area contributed by atoms with Crippen molar-refractivity contribution in [2.75, 3.05) is 19.7 Å². The van der Waals surface area contributed by atoms with Crippen LogP contribution in [-0.2, 0) is 14.3 Å². The summed E-state index contributed by atoms with van der Waals surface area (Å²) in [6.07, 6.45) is 19.2. The van der Waals surface area contributed by atoms with E-state index in [1.807, 2.05) is 11.8 Å². The van der Waals surface area contributed by atoms with Gasteiger partial charge in [-0.15, -0.1) is 5.11 Å². The van der Waals surface area contributed by atoms with Crippen LogP contribution in [0.25, 0.3) is 0 Å². The van der Waals surface area contributed by atoms with Crippen LogP contribution in [0.1, 0.15) is 138 Å². The SMILES string of the molecule is C\C=N/C=C1\N=N\[C@@]2(CC)C[C@@H](CC[C@]2(C)[C@H]2CC[C@@]3(C)[C@H](C2)C[C@@H]2O[C@]4(CC[C@H](C)CO4)[C@@H](C)[C@@H]23)NC(=O)N(C2CCCCC2)CCNC1=O. The van der Waals surface area contributed by atoms with Crippen LogP contribution in [0.5, 0.6) is 0 Å². The molecule has 4 aliphatic carbocycles. The maximum Gasteiger partial charge on any atom is 0.317 e. The third-order valence-corrected chi connectivity index (χ3v) is 15.7. The molecule has 3 heterocycles. The number of hydrogen-bond donors (Lipinski definition) is 2. The standard InChI is InChI=1S/C41H66N6O4/c1-7-40-24-31(44-37(49)47(32-12-10-9-11-13-32)21-20-43-36(48)33(45-46-40)25-42-8-2)16-18-39(40,6)29-15-17-38(5)30(22-29)23-34-35(38)28(4)41(51-34)19-14-27(3)26-50-41/h8,25,27-32,34-35H,7,9-24,26H2,1-6H3,(H,43,48)(H,44,49)/b33-25-,42-8-,46-45+/t27-,28-,29-,30+,31+,34-,35-,38-,39+,40-,41+/m0/s1. The highest BCUT2D eigenvalue weighted by Gasteiger charge is 2.67. The molecule has 284 valence electrons. The fraction of sp³-hybridized carbons (Fsp3) is 0.878. The van der Waals surface area contributed by atoms with Gasteiger partial charge < -0.3 is 25.0 Å². The lowest BCUT2D eigenvalue weighted by atomic mass is 9.49. The molecule has 3 aliphatic heterocycles. The van der Waals surface area contributed by atoms with Gasteiger partial charge in [-0.05, 0) is 112 Å². The fourth-order valence-electron chi connectivity index (χ4n) is 12.5. The third-order valence-electron chi connectivity index (χ3n) is 15.7. The smallest absolute Gasteiger partial charge is 0.317 e. The van der Waals surface area contributed by atoms with Crippen molar-refractivity contribution in [2.24, 2.45) is 55.6 Å². The Bertz CT molecular complexity index is 1390. The number of rotatable bonds is 4. The molecule has 2 bridgehead atoms. The molecule has 10 heteroatoms. The second kappa shape index (κ2) is 14.5. The largest absolute Gasteiger partial charge is 0.349 e. The van der Waals surface area contributed by atoms with E-state index >= 15 is 0 Å². The summed E-state index contributed by atoms with van der Waals surface area (Å²) in [7, 11) is 0. The fourth-order valence-corrected chi connectivity index (χ4v) is 12.5. The summed E-state index contributed by atoms with van der Waals surface area (Å²) < 4.78 is 13.5. The van der Waals surface area contributed by atoms with Crippen LogP contribution in [0.4, 0.5) is 4.79 Å². The number of urea groups is 1. The van der Waals surface area contributed by atoms with Crippen LogP contribution < -0.4 is 10.6 Å². The molecular weight excluding hydrogens is 640 g/mol. The zero-order valence-electron chi connectivity index (χ0n) is 32.4. The van der Waals surface area contributed by atoms with Gasteiger partial charge in [-0.2, -0.15) is 5.11 Å². The molecular formula is C41H66N6O4. The van der Waals surface area contributed by atoms with Gasteiger partial charge in [0.2, 0.25) is 0 Å². The second-order valence-electron chi connectivity index (χ2n) is 18.2. The summed E-state index contributed by atoms with van der Waals surface area (Å²) in [5.41, 5.74) is -0.207. The monoisotopic (exact) mass is 707 g/mol. The Morgan fingerprint density at radius 1 is 1.00 bits per heavy atom. The van der Waals surface area contributed by atoms with Crippen LogP contribution in [0, 0.1) is 40.4 Å². The van der Waals surface area contributed by atoms with E-state index in [9.17, 15) is 9.59 Å². The molecule has 2 N–H and O–H groups in total. The number of fused-ring (bicyclic) bond motifs is 5. The van der Waals surface area contributed by atoms with Gasteiger partial charge in [-0.25, -0.2) is 4.79 Å². The second-order valence-corrected chi connectivity index (χ2v) is 18.2. The van der Waals surface area contributed by atoms with E-state index in [2.05, 4.69) is 50.2 Å². The number of azo groups is 1. The summed E-state index contributed by atoms with van der Waals surface area (Å²) in [4.78, 5) is 34.0. The number of nitrogens with zero attached hydrogens (tertiary/aromatic N) is 4. The molecule has 10 nitrogen and oxygen atoms in total. The predicted octanol–water partition coefficient (Wildman–Crippen LogP) is 8.17. The lowest BCUT2D eigenvalue weighted by Gasteiger charge is -2.58. The molecule has 7 rings (SSSR count). The van der Waals surface area contributed by atoms with Crippen LogP contribution in [0.2, 0.25) is 0 Å². The minimum absolute atomic E-state index is 0.00409. The van der Waals surface area contributed by atoms with Crippen molar-refractivity contribution >= 4 is 18.2 Å². The number of aliphatic imine (C=N–C) groups is 1. The first-order chi connectivity index (χ1) is 24.5. The average molecular weight is 707 g/mol. The van der Waals surface area contributed by atoms with Crippen LogP contribution in [0.3, 0.4) is 0 Å². The number of carbonyl (C=O) groups is 2. The molecule has 3 amide bonds. The van der Waals surface area contributed by atoms with Crippen molar-refractivity contribution in [1.82, 2.24) is 15.5 Å². The van der Waals surface area contributed by atoms with E-state index < -0.39 is 11.3 Å². The average Bonchev–Trinajstić information content (AvgIpc) is 3.57. The van der Waals surface area contributed by atoms with E-state index in [1.165, 1.54) is 25.5 Å². The third kappa shape index (κ3) is 6.50. The van der Waals surface area contributed by atoms with Gasteiger partial charge in [0.15, 0.2) is 11.5 Å². The van der Waals surface area contributed by atoms with Gasteiger partial charge in [0.25, 0.3) is 5.91 Å². The Kier molecular flexibility index (Phi) is 10.5. The van der Waals surface area contributed by atoms with Gasteiger partial charge in [-0.3, -0.25) is 9.79 Å². The number of carbonyl (C=O) groups excluding carboxylic acids is 2. The highest BCUT2D eigenvalue weighted by Crippen LogP contribution is 2.68. The first-order valence-corrected chi connectivity index (χ1v) is 20.8. The Morgan fingerprint density at radius 3 is 2.53 bits per heavy atom. The molecule has 0 aromatic heterocycles. The zero-order chi connectivity index (χ0) is 36.0. The maximum absolute atomic E-state index is 14.1. The first kappa shape index (κ1) is 37.0. The highest BCUT2D eigenvalue weighted by atomic mass is 16.7. The van der Waals surface area contributed by atoms with E-state index in [0.29, 0.717) is 42.7 Å². The van der Waals surface area contributed by atoms with Crippen molar-refractivity contribution in [3.05, 3.63) is 11.9 Å². The molecule has 4 saturated carbocycles. The Balaban J connectivity index is 1.16. The van der Waals surface area contributed by atoms with Crippen LogP contribution in [-0.4, -0.2) is 72.3 Å². The lowest BCUT2D eigenvalue weighted by Crippen LogP contribution is -2.60. The van der Waals surface area contributed by atoms with Crippen LogP contribution in [0.15, 0.2) is 27.1 Å². The van der Waals surface area contributed by atoms with Crippen molar-refractivity contribution < 1.29 is 19.1 Å². The zero-order valence-corrected chi connectivity index (χ0v) is 32.4. The topological polar surface area (TPSA) is 117 Å². The summed E-state index contributed by atoms with van der Waals surface area (Å²) in [5, 5.41) is 16.6. The maximum atomic E-state index is 14.1. The quantitative estimate of drug-likeness (QED) is 0.227. The normalized spacial score (nSPS) is 46.9. The molecule has 51 heavy (non-hydrogen) atoms. The Hall–Kier alpha value is -2.33.